The Bertz CT molecular complexity index is 723. The van der Waals surface area contributed by atoms with E-state index in [0.29, 0.717) is 6.54 Å². The van der Waals surface area contributed by atoms with Gasteiger partial charge in [-0.25, -0.2) is 4.98 Å². The molecule has 0 saturated carbocycles. The predicted octanol–water partition coefficient (Wildman–Crippen LogP) is 1.77. The van der Waals surface area contributed by atoms with Gasteiger partial charge in [-0.2, -0.15) is 5.10 Å². The third-order valence-corrected chi connectivity index (χ3v) is 3.34. The zero-order chi connectivity index (χ0) is 13.4. The molecule has 0 aliphatic heterocycles. The summed E-state index contributed by atoms with van der Waals surface area (Å²) in [5.41, 5.74) is 8.87. The van der Waals surface area contributed by atoms with Gasteiger partial charge < -0.3 is 10.7 Å². The minimum atomic E-state index is 0.582. The van der Waals surface area contributed by atoms with Gasteiger partial charge in [0.15, 0.2) is 5.82 Å². The highest BCUT2D eigenvalue weighted by Gasteiger charge is 2.15. The van der Waals surface area contributed by atoms with Crippen LogP contribution in [-0.2, 0) is 13.5 Å². The number of rotatable bonds is 3. The SMILES string of the molecule is Cc1[nH]c2ccccc2c1-c1nc(CCN)n(C)n1. The van der Waals surface area contributed by atoms with E-state index < -0.39 is 0 Å². The van der Waals surface area contributed by atoms with Crippen molar-refractivity contribution in [2.45, 2.75) is 13.3 Å². The minimum Gasteiger partial charge on any atom is -0.358 e. The first-order valence-corrected chi connectivity index (χ1v) is 6.38. The molecule has 2 aromatic heterocycles. The Morgan fingerprint density at radius 3 is 2.89 bits per heavy atom. The topological polar surface area (TPSA) is 72.5 Å². The first-order valence-electron chi connectivity index (χ1n) is 6.38. The Kier molecular flexibility index (Phi) is 2.83. The van der Waals surface area contributed by atoms with E-state index in [2.05, 4.69) is 27.2 Å². The van der Waals surface area contributed by atoms with Gasteiger partial charge in [0.05, 0.1) is 0 Å². The zero-order valence-corrected chi connectivity index (χ0v) is 11.1. The molecule has 5 nitrogen and oxygen atoms in total. The van der Waals surface area contributed by atoms with E-state index in [-0.39, 0.29) is 0 Å². The van der Waals surface area contributed by atoms with Crippen LogP contribution in [0.1, 0.15) is 11.5 Å². The lowest BCUT2D eigenvalue weighted by Gasteiger charge is -1.94. The van der Waals surface area contributed by atoms with Crippen LogP contribution in [-0.4, -0.2) is 26.3 Å². The van der Waals surface area contributed by atoms with Crippen LogP contribution < -0.4 is 5.73 Å². The normalized spacial score (nSPS) is 11.3. The molecule has 0 fully saturated rings. The highest BCUT2D eigenvalue weighted by Crippen LogP contribution is 2.29. The van der Waals surface area contributed by atoms with Crippen LogP contribution in [0.3, 0.4) is 0 Å². The second kappa shape index (κ2) is 4.51. The predicted molar refractivity (Wildman–Crippen MR) is 75.8 cm³/mol. The van der Waals surface area contributed by atoms with Crippen molar-refractivity contribution in [1.29, 1.82) is 0 Å². The molecule has 98 valence electrons. The molecule has 0 amide bonds. The van der Waals surface area contributed by atoms with E-state index in [1.165, 1.54) is 0 Å². The summed E-state index contributed by atoms with van der Waals surface area (Å²) in [7, 11) is 1.91. The highest BCUT2D eigenvalue weighted by molar-refractivity contribution is 5.95. The highest BCUT2D eigenvalue weighted by atomic mass is 15.3. The summed E-state index contributed by atoms with van der Waals surface area (Å²) < 4.78 is 1.81. The molecule has 0 atom stereocenters. The van der Waals surface area contributed by atoms with Crippen molar-refractivity contribution in [1.82, 2.24) is 19.7 Å². The number of H-pyrrole nitrogens is 1. The summed E-state index contributed by atoms with van der Waals surface area (Å²) >= 11 is 0. The number of nitrogens with one attached hydrogen (secondary N) is 1. The molecule has 0 saturated heterocycles. The summed E-state index contributed by atoms with van der Waals surface area (Å²) in [6.07, 6.45) is 0.741. The minimum absolute atomic E-state index is 0.582. The number of hydrogen-bond acceptors (Lipinski definition) is 3. The average molecular weight is 255 g/mol. The Morgan fingerprint density at radius 2 is 2.11 bits per heavy atom. The number of nitrogens with zero attached hydrogens (tertiary/aromatic N) is 3. The first-order chi connectivity index (χ1) is 9.20. The Labute approximate surface area is 111 Å². The van der Waals surface area contributed by atoms with E-state index >= 15 is 0 Å². The van der Waals surface area contributed by atoms with Crippen molar-refractivity contribution in [3.8, 4) is 11.4 Å². The summed E-state index contributed by atoms with van der Waals surface area (Å²) in [5, 5.41) is 5.67. The van der Waals surface area contributed by atoms with E-state index in [9.17, 15) is 0 Å². The van der Waals surface area contributed by atoms with Gasteiger partial charge in [0.25, 0.3) is 0 Å². The average Bonchev–Trinajstić information content (AvgIpc) is 2.90. The number of fused-ring (bicyclic) bond motifs is 1. The Balaban J connectivity index is 2.18. The molecule has 19 heavy (non-hydrogen) atoms. The van der Waals surface area contributed by atoms with Crippen LogP contribution >= 0.6 is 0 Å². The fourth-order valence-electron chi connectivity index (χ4n) is 2.43. The lowest BCUT2D eigenvalue weighted by atomic mass is 10.1. The van der Waals surface area contributed by atoms with Crippen LogP contribution in [0.4, 0.5) is 0 Å². The molecule has 3 rings (SSSR count). The molecular formula is C14H17N5. The van der Waals surface area contributed by atoms with Crippen LogP contribution in [0.15, 0.2) is 24.3 Å². The summed E-state index contributed by atoms with van der Waals surface area (Å²) in [6.45, 7) is 2.63. The lowest BCUT2D eigenvalue weighted by Crippen LogP contribution is -2.08. The van der Waals surface area contributed by atoms with Gasteiger partial charge in [0.1, 0.15) is 5.82 Å². The molecule has 5 heteroatoms. The van der Waals surface area contributed by atoms with Crippen molar-refractivity contribution >= 4 is 10.9 Å². The van der Waals surface area contributed by atoms with Gasteiger partial charge in [0.2, 0.25) is 0 Å². The van der Waals surface area contributed by atoms with Crippen LogP contribution in [0, 0.1) is 6.92 Å². The number of aromatic amines is 1. The molecule has 1 aromatic carbocycles. The Hall–Kier alpha value is -2.14. The largest absolute Gasteiger partial charge is 0.358 e. The van der Waals surface area contributed by atoms with Crippen molar-refractivity contribution in [3.05, 3.63) is 35.8 Å². The standard InChI is InChI=1S/C14H17N5/c1-9-13(10-5-3-4-6-11(10)16-9)14-17-12(7-8-15)19(2)18-14/h3-6,16H,7-8,15H2,1-2H3. The van der Waals surface area contributed by atoms with Gasteiger partial charge in [-0.05, 0) is 19.5 Å². The van der Waals surface area contributed by atoms with Gasteiger partial charge in [-0.15, -0.1) is 0 Å². The number of aromatic nitrogens is 4. The van der Waals surface area contributed by atoms with Gasteiger partial charge in [-0.1, -0.05) is 18.2 Å². The number of para-hydroxylation sites is 1. The number of aryl methyl sites for hydroxylation is 2. The summed E-state index contributed by atoms with van der Waals surface area (Å²) in [5.74, 6) is 1.68. The number of hydrogen-bond donors (Lipinski definition) is 2. The van der Waals surface area contributed by atoms with E-state index in [1.807, 2.05) is 30.8 Å². The van der Waals surface area contributed by atoms with Gasteiger partial charge >= 0.3 is 0 Å². The maximum Gasteiger partial charge on any atom is 0.183 e. The molecule has 0 spiro atoms. The summed E-state index contributed by atoms with van der Waals surface area (Å²) in [4.78, 5) is 7.98. The third kappa shape index (κ3) is 1.92. The molecule has 0 unspecified atom stereocenters. The molecule has 3 aromatic rings. The van der Waals surface area contributed by atoms with E-state index in [4.69, 9.17) is 5.73 Å². The van der Waals surface area contributed by atoms with E-state index in [1.54, 1.807) is 0 Å². The molecule has 0 radical (unpaired) electrons. The molecular weight excluding hydrogens is 238 g/mol. The Morgan fingerprint density at radius 1 is 1.32 bits per heavy atom. The second-order valence-corrected chi connectivity index (χ2v) is 4.68. The fourth-order valence-corrected chi connectivity index (χ4v) is 2.43. The van der Waals surface area contributed by atoms with Crippen LogP contribution in [0.2, 0.25) is 0 Å². The quantitative estimate of drug-likeness (QED) is 0.749. The molecule has 3 N–H and O–H groups in total. The smallest absolute Gasteiger partial charge is 0.183 e. The molecule has 0 aliphatic carbocycles. The fraction of sp³-hybridized carbons (Fsp3) is 0.286. The van der Waals surface area contributed by atoms with Crippen LogP contribution in [0.25, 0.3) is 22.3 Å². The van der Waals surface area contributed by atoms with Gasteiger partial charge in [0, 0.05) is 35.6 Å². The second-order valence-electron chi connectivity index (χ2n) is 4.68. The maximum atomic E-state index is 5.59. The molecule has 0 bridgehead atoms. The first kappa shape index (κ1) is 11.9. The maximum absolute atomic E-state index is 5.59. The third-order valence-electron chi connectivity index (χ3n) is 3.34. The van der Waals surface area contributed by atoms with Crippen molar-refractivity contribution in [2.24, 2.45) is 12.8 Å². The van der Waals surface area contributed by atoms with Crippen molar-refractivity contribution < 1.29 is 0 Å². The zero-order valence-electron chi connectivity index (χ0n) is 11.1. The van der Waals surface area contributed by atoms with Gasteiger partial charge in [-0.3, -0.25) is 4.68 Å². The molecule has 0 aliphatic rings. The lowest BCUT2D eigenvalue weighted by molar-refractivity contribution is 0.697. The number of nitrogens with two attached hydrogens (primary N) is 1. The summed E-state index contributed by atoms with van der Waals surface area (Å²) in [6, 6.07) is 8.21. The monoisotopic (exact) mass is 255 g/mol. The van der Waals surface area contributed by atoms with E-state index in [0.717, 1.165) is 40.2 Å². The van der Waals surface area contributed by atoms with Crippen LogP contribution in [0.5, 0.6) is 0 Å². The number of benzene rings is 1. The molecule has 2 heterocycles. The van der Waals surface area contributed by atoms with Crippen molar-refractivity contribution in [3.63, 3.8) is 0 Å². The van der Waals surface area contributed by atoms with Crippen molar-refractivity contribution in [2.75, 3.05) is 6.54 Å².